The highest BCUT2D eigenvalue weighted by molar-refractivity contribution is 6.33. The first-order valence-corrected chi connectivity index (χ1v) is 6.79. The number of halogens is 2. The summed E-state index contributed by atoms with van der Waals surface area (Å²) < 4.78 is 0. The van der Waals surface area contributed by atoms with Crippen molar-refractivity contribution in [2.24, 2.45) is 11.8 Å². The molecule has 96 valence electrons. The van der Waals surface area contributed by atoms with E-state index in [1.165, 1.54) is 0 Å². The summed E-state index contributed by atoms with van der Waals surface area (Å²) in [7, 11) is 0. The second kappa shape index (κ2) is 7.22. The van der Waals surface area contributed by atoms with Gasteiger partial charge in [-0.15, -0.1) is 0 Å². The molecule has 0 radical (unpaired) electrons. The van der Waals surface area contributed by atoms with E-state index in [1.54, 1.807) is 6.07 Å². The largest absolute Gasteiger partial charge is 0.271 e. The lowest BCUT2D eigenvalue weighted by atomic mass is 9.91. The first-order valence-electron chi connectivity index (χ1n) is 6.03. The summed E-state index contributed by atoms with van der Waals surface area (Å²) in [5.74, 6) is 6.27. The Labute approximate surface area is 113 Å². The zero-order chi connectivity index (χ0) is 12.8. The zero-order valence-electron chi connectivity index (χ0n) is 10.3. The van der Waals surface area contributed by atoms with Crippen molar-refractivity contribution in [1.29, 1.82) is 0 Å². The Balaban J connectivity index is 2.89. The van der Waals surface area contributed by atoms with E-state index < -0.39 is 0 Å². The molecule has 0 fully saturated rings. The summed E-state index contributed by atoms with van der Waals surface area (Å²) in [6.45, 7) is 4.39. The van der Waals surface area contributed by atoms with Gasteiger partial charge in [0.05, 0.1) is 0 Å². The standard InChI is InChI=1S/C13H20Cl2N2/c1-3-9(4-2)7-13(17-16)11-8-10(14)5-6-12(11)15/h5-6,8-9,13,17H,3-4,7,16H2,1-2H3. The van der Waals surface area contributed by atoms with Crippen LogP contribution in [0.15, 0.2) is 18.2 Å². The zero-order valence-corrected chi connectivity index (χ0v) is 11.9. The number of benzene rings is 1. The van der Waals surface area contributed by atoms with Gasteiger partial charge in [-0.3, -0.25) is 11.3 Å². The second-order valence-corrected chi connectivity index (χ2v) is 5.15. The Hall–Kier alpha value is -0.280. The normalized spacial score (nSPS) is 13.1. The third-order valence-electron chi connectivity index (χ3n) is 3.26. The van der Waals surface area contributed by atoms with Gasteiger partial charge in [-0.05, 0) is 36.1 Å². The molecule has 1 aromatic rings. The molecule has 0 aliphatic heterocycles. The van der Waals surface area contributed by atoms with Gasteiger partial charge < -0.3 is 0 Å². The summed E-state index contributed by atoms with van der Waals surface area (Å²) in [4.78, 5) is 0. The van der Waals surface area contributed by atoms with Crippen LogP contribution in [0, 0.1) is 5.92 Å². The van der Waals surface area contributed by atoms with Crippen LogP contribution in [-0.4, -0.2) is 0 Å². The van der Waals surface area contributed by atoms with Crippen LogP contribution in [-0.2, 0) is 0 Å². The molecule has 0 aliphatic carbocycles. The fraction of sp³-hybridized carbons (Fsp3) is 0.538. The van der Waals surface area contributed by atoms with Gasteiger partial charge in [0.15, 0.2) is 0 Å². The molecule has 1 atom stereocenters. The van der Waals surface area contributed by atoms with Crippen molar-refractivity contribution < 1.29 is 0 Å². The minimum atomic E-state index is 0.0612. The summed E-state index contributed by atoms with van der Waals surface area (Å²) in [5.41, 5.74) is 3.82. The van der Waals surface area contributed by atoms with Crippen LogP contribution in [0.4, 0.5) is 0 Å². The Kier molecular flexibility index (Phi) is 6.28. The Morgan fingerprint density at radius 2 is 1.88 bits per heavy atom. The fourth-order valence-corrected chi connectivity index (χ4v) is 2.45. The highest BCUT2D eigenvalue weighted by Gasteiger charge is 2.17. The molecule has 1 unspecified atom stereocenters. The minimum absolute atomic E-state index is 0.0612. The maximum atomic E-state index is 6.19. The van der Waals surface area contributed by atoms with E-state index in [0.29, 0.717) is 16.0 Å². The molecule has 0 aliphatic rings. The maximum absolute atomic E-state index is 6.19. The lowest BCUT2D eigenvalue weighted by molar-refractivity contribution is 0.375. The van der Waals surface area contributed by atoms with E-state index in [-0.39, 0.29) is 6.04 Å². The Morgan fingerprint density at radius 1 is 1.24 bits per heavy atom. The van der Waals surface area contributed by atoms with Crippen LogP contribution in [0.3, 0.4) is 0 Å². The van der Waals surface area contributed by atoms with Crippen LogP contribution in [0.1, 0.15) is 44.7 Å². The van der Waals surface area contributed by atoms with Crippen LogP contribution < -0.4 is 11.3 Å². The Bertz CT molecular complexity index is 351. The SMILES string of the molecule is CCC(CC)CC(NN)c1cc(Cl)ccc1Cl. The fourth-order valence-electron chi connectivity index (χ4n) is 2.02. The monoisotopic (exact) mass is 274 g/mol. The van der Waals surface area contributed by atoms with E-state index in [9.17, 15) is 0 Å². The van der Waals surface area contributed by atoms with Crippen molar-refractivity contribution in [3.8, 4) is 0 Å². The van der Waals surface area contributed by atoms with Gasteiger partial charge in [-0.2, -0.15) is 0 Å². The predicted molar refractivity (Wildman–Crippen MR) is 75.2 cm³/mol. The average molecular weight is 275 g/mol. The summed E-state index contributed by atoms with van der Waals surface area (Å²) >= 11 is 12.2. The van der Waals surface area contributed by atoms with E-state index in [4.69, 9.17) is 29.0 Å². The number of nitrogens with one attached hydrogen (secondary N) is 1. The van der Waals surface area contributed by atoms with Crippen molar-refractivity contribution in [2.45, 2.75) is 39.2 Å². The van der Waals surface area contributed by atoms with Crippen LogP contribution in [0.5, 0.6) is 0 Å². The molecule has 0 heterocycles. The first kappa shape index (κ1) is 14.8. The molecule has 0 amide bonds. The molecule has 1 aromatic carbocycles. The highest BCUT2D eigenvalue weighted by Crippen LogP contribution is 2.31. The number of nitrogens with two attached hydrogens (primary N) is 1. The lowest BCUT2D eigenvalue weighted by Gasteiger charge is -2.22. The maximum Gasteiger partial charge on any atom is 0.0477 e. The predicted octanol–water partition coefficient (Wildman–Crippen LogP) is 4.32. The third-order valence-corrected chi connectivity index (χ3v) is 3.84. The molecule has 2 nitrogen and oxygen atoms in total. The molecule has 0 saturated heterocycles. The average Bonchev–Trinajstić information content (AvgIpc) is 2.34. The smallest absolute Gasteiger partial charge is 0.0477 e. The van der Waals surface area contributed by atoms with Crippen molar-refractivity contribution >= 4 is 23.2 Å². The molecule has 0 aromatic heterocycles. The van der Waals surface area contributed by atoms with Gasteiger partial charge >= 0.3 is 0 Å². The lowest BCUT2D eigenvalue weighted by Crippen LogP contribution is -2.29. The summed E-state index contributed by atoms with van der Waals surface area (Å²) in [6.07, 6.45) is 3.27. The van der Waals surface area contributed by atoms with Gasteiger partial charge in [0.1, 0.15) is 0 Å². The van der Waals surface area contributed by atoms with E-state index in [2.05, 4.69) is 19.3 Å². The molecule has 1 rings (SSSR count). The quantitative estimate of drug-likeness (QED) is 0.599. The van der Waals surface area contributed by atoms with Gasteiger partial charge in [-0.25, -0.2) is 0 Å². The molecule has 0 saturated carbocycles. The highest BCUT2D eigenvalue weighted by atomic mass is 35.5. The van der Waals surface area contributed by atoms with E-state index in [1.807, 2.05) is 12.1 Å². The summed E-state index contributed by atoms with van der Waals surface area (Å²) in [6, 6.07) is 5.55. The molecular formula is C13H20Cl2N2. The third kappa shape index (κ3) is 4.14. The molecular weight excluding hydrogens is 255 g/mol. The Morgan fingerprint density at radius 3 is 2.41 bits per heavy atom. The van der Waals surface area contributed by atoms with E-state index >= 15 is 0 Å². The van der Waals surface area contributed by atoms with Gasteiger partial charge in [-0.1, -0.05) is 49.9 Å². The summed E-state index contributed by atoms with van der Waals surface area (Å²) in [5, 5.41) is 1.40. The molecule has 4 heteroatoms. The van der Waals surface area contributed by atoms with Crippen molar-refractivity contribution in [1.82, 2.24) is 5.43 Å². The van der Waals surface area contributed by atoms with Gasteiger partial charge in [0, 0.05) is 16.1 Å². The molecule has 3 N–H and O–H groups in total. The second-order valence-electron chi connectivity index (χ2n) is 4.30. The molecule has 17 heavy (non-hydrogen) atoms. The van der Waals surface area contributed by atoms with Crippen LogP contribution in [0.2, 0.25) is 10.0 Å². The van der Waals surface area contributed by atoms with Gasteiger partial charge in [0.2, 0.25) is 0 Å². The van der Waals surface area contributed by atoms with Crippen molar-refractivity contribution in [3.63, 3.8) is 0 Å². The van der Waals surface area contributed by atoms with Crippen LogP contribution in [0.25, 0.3) is 0 Å². The molecule has 0 bridgehead atoms. The number of hydrogen-bond acceptors (Lipinski definition) is 2. The van der Waals surface area contributed by atoms with Crippen molar-refractivity contribution in [3.05, 3.63) is 33.8 Å². The van der Waals surface area contributed by atoms with Crippen LogP contribution >= 0.6 is 23.2 Å². The van der Waals surface area contributed by atoms with E-state index in [0.717, 1.165) is 24.8 Å². The molecule has 0 spiro atoms. The topological polar surface area (TPSA) is 38.0 Å². The van der Waals surface area contributed by atoms with Crippen molar-refractivity contribution in [2.75, 3.05) is 0 Å². The number of rotatable bonds is 6. The number of hydrazine groups is 1. The van der Waals surface area contributed by atoms with Gasteiger partial charge in [0.25, 0.3) is 0 Å². The minimum Gasteiger partial charge on any atom is -0.271 e. The number of hydrogen-bond donors (Lipinski definition) is 2. The first-order chi connectivity index (χ1) is 8.12.